The van der Waals surface area contributed by atoms with Gasteiger partial charge in [-0.2, -0.15) is 5.10 Å². The summed E-state index contributed by atoms with van der Waals surface area (Å²) in [6.07, 6.45) is 1.80. The molecule has 21 heavy (non-hydrogen) atoms. The first kappa shape index (κ1) is 15.2. The molecule has 7 nitrogen and oxygen atoms in total. The van der Waals surface area contributed by atoms with Crippen molar-refractivity contribution in [3.05, 3.63) is 50.1 Å². The Morgan fingerprint density at radius 1 is 1.52 bits per heavy atom. The largest absolute Gasteiger partial charge is 0.305 e. The number of amides is 1. The lowest BCUT2D eigenvalue weighted by Crippen LogP contribution is -2.13. The van der Waals surface area contributed by atoms with Crippen LogP contribution in [0.2, 0.25) is 0 Å². The van der Waals surface area contributed by atoms with Gasteiger partial charge >= 0.3 is 0 Å². The van der Waals surface area contributed by atoms with Gasteiger partial charge in [0.25, 0.3) is 11.6 Å². The standard InChI is InChI=1S/C13H13BrN4O3/c1-2-4-8-7-11(17-16-8)15-13(19)9-5-3-6-10(12(9)14)18(20)21/h3,5-7H,2,4H2,1H3,(H2,15,16,17,19). The van der Waals surface area contributed by atoms with Gasteiger partial charge in [0.05, 0.1) is 10.5 Å². The average Bonchev–Trinajstić information content (AvgIpc) is 2.86. The predicted octanol–water partition coefficient (Wildman–Crippen LogP) is 3.29. The molecule has 0 spiro atoms. The number of nitrogens with zero attached hydrogens (tertiary/aromatic N) is 2. The summed E-state index contributed by atoms with van der Waals surface area (Å²) in [5.41, 5.74) is 0.950. The summed E-state index contributed by atoms with van der Waals surface area (Å²) in [6.45, 7) is 2.04. The number of carbonyl (C=O) groups excluding carboxylic acids is 1. The molecule has 0 aliphatic rings. The normalized spacial score (nSPS) is 10.4. The van der Waals surface area contributed by atoms with E-state index < -0.39 is 10.8 Å². The number of nitro benzene ring substituents is 1. The fourth-order valence-electron chi connectivity index (χ4n) is 1.84. The van der Waals surface area contributed by atoms with Gasteiger partial charge in [-0.1, -0.05) is 19.4 Å². The molecule has 0 unspecified atom stereocenters. The van der Waals surface area contributed by atoms with Gasteiger partial charge in [0.2, 0.25) is 0 Å². The Morgan fingerprint density at radius 2 is 2.29 bits per heavy atom. The summed E-state index contributed by atoms with van der Waals surface area (Å²) in [4.78, 5) is 22.5. The number of aryl methyl sites for hydroxylation is 1. The molecule has 1 amide bonds. The Balaban J connectivity index is 2.20. The highest BCUT2D eigenvalue weighted by atomic mass is 79.9. The van der Waals surface area contributed by atoms with E-state index in [1.165, 1.54) is 18.2 Å². The van der Waals surface area contributed by atoms with E-state index in [9.17, 15) is 14.9 Å². The SMILES string of the molecule is CCCc1cc(NC(=O)c2cccc([N+](=O)[O-])c2Br)n[nH]1. The van der Waals surface area contributed by atoms with Crippen LogP contribution in [0.3, 0.4) is 0 Å². The van der Waals surface area contributed by atoms with E-state index in [2.05, 4.69) is 31.4 Å². The van der Waals surface area contributed by atoms with Crippen LogP contribution in [0.25, 0.3) is 0 Å². The van der Waals surface area contributed by atoms with Gasteiger partial charge in [-0.15, -0.1) is 0 Å². The maximum absolute atomic E-state index is 12.2. The Bertz CT molecular complexity index is 684. The topological polar surface area (TPSA) is 101 Å². The molecule has 0 saturated heterocycles. The zero-order valence-electron chi connectivity index (χ0n) is 11.2. The number of nitrogens with one attached hydrogen (secondary N) is 2. The lowest BCUT2D eigenvalue weighted by molar-refractivity contribution is -0.385. The molecule has 0 aliphatic heterocycles. The van der Waals surface area contributed by atoms with Gasteiger partial charge in [-0.3, -0.25) is 20.0 Å². The van der Waals surface area contributed by atoms with E-state index in [0.29, 0.717) is 5.82 Å². The highest BCUT2D eigenvalue weighted by Gasteiger charge is 2.20. The second-order valence-corrected chi connectivity index (χ2v) is 5.17. The van der Waals surface area contributed by atoms with Crippen molar-refractivity contribution in [3.63, 3.8) is 0 Å². The van der Waals surface area contributed by atoms with Crippen molar-refractivity contribution < 1.29 is 9.72 Å². The third kappa shape index (κ3) is 3.46. The lowest BCUT2D eigenvalue weighted by atomic mass is 10.2. The molecule has 0 radical (unpaired) electrons. The van der Waals surface area contributed by atoms with Crippen molar-refractivity contribution in [2.24, 2.45) is 0 Å². The molecule has 2 aromatic rings. The number of benzene rings is 1. The van der Waals surface area contributed by atoms with Gasteiger partial charge in [0, 0.05) is 17.8 Å². The number of H-pyrrole nitrogens is 1. The Hall–Kier alpha value is -2.22. The minimum absolute atomic E-state index is 0.150. The third-order valence-corrected chi connectivity index (χ3v) is 3.64. The second-order valence-electron chi connectivity index (χ2n) is 4.38. The maximum atomic E-state index is 12.2. The fourth-order valence-corrected chi connectivity index (χ4v) is 2.43. The molecule has 1 aromatic heterocycles. The molecule has 0 aliphatic carbocycles. The number of nitro groups is 1. The number of aromatic nitrogens is 2. The molecule has 0 fully saturated rings. The van der Waals surface area contributed by atoms with Crippen LogP contribution in [0.5, 0.6) is 0 Å². The second kappa shape index (κ2) is 6.49. The van der Waals surface area contributed by atoms with Crippen molar-refractivity contribution >= 4 is 33.3 Å². The van der Waals surface area contributed by atoms with Crippen LogP contribution in [0.15, 0.2) is 28.7 Å². The van der Waals surface area contributed by atoms with Gasteiger partial charge in [0.1, 0.15) is 4.47 Å². The summed E-state index contributed by atoms with van der Waals surface area (Å²) in [7, 11) is 0. The van der Waals surface area contributed by atoms with E-state index in [1.807, 2.05) is 6.92 Å². The van der Waals surface area contributed by atoms with Crippen molar-refractivity contribution in [2.75, 3.05) is 5.32 Å². The smallest absolute Gasteiger partial charge is 0.284 e. The van der Waals surface area contributed by atoms with E-state index in [4.69, 9.17) is 0 Å². The van der Waals surface area contributed by atoms with Gasteiger partial charge < -0.3 is 5.32 Å². The summed E-state index contributed by atoms with van der Waals surface area (Å²) in [6, 6.07) is 6.04. The first-order chi connectivity index (χ1) is 10.0. The monoisotopic (exact) mass is 352 g/mol. The number of hydrogen-bond acceptors (Lipinski definition) is 4. The molecule has 110 valence electrons. The molecule has 8 heteroatoms. The highest BCUT2D eigenvalue weighted by molar-refractivity contribution is 9.10. The van der Waals surface area contributed by atoms with Crippen LogP contribution in [-0.2, 0) is 6.42 Å². The van der Waals surface area contributed by atoms with Gasteiger partial charge in [-0.25, -0.2) is 0 Å². The maximum Gasteiger partial charge on any atom is 0.284 e. The first-order valence-corrected chi connectivity index (χ1v) is 7.10. The van der Waals surface area contributed by atoms with E-state index in [-0.39, 0.29) is 15.7 Å². The average molecular weight is 353 g/mol. The van der Waals surface area contributed by atoms with Crippen LogP contribution < -0.4 is 5.32 Å². The minimum Gasteiger partial charge on any atom is -0.305 e. The first-order valence-electron chi connectivity index (χ1n) is 6.31. The van der Waals surface area contributed by atoms with Crippen LogP contribution >= 0.6 is 15.9 Å². The zero-order valence-corrected chi connectivity index (χ0v) is 12.8. The Kier molecular flexibility index (Phi) is 4.69. The van der Waals surface area contributed by atoms with Crippen molar-refractivity contribution in [2.45, 2.75) is 19.8 Å². The van der Waals surface area contributed by atoms with Crippen LogP contribution in [0, 0.1) is 10.1 Å². The van der Waals surface area contributed by atoms with E-state index in [0.717, 1.165) is 18.5 Å². The van der Waals surface area contributed by atoms with E-state index >= 15 is 0 Å². The van der Waals surface area contributed by atoms with Crippen LogP contribution in [0.1, 0.15) is 29.4 Å². The number of anilines is 1. The lowest BCUT2D eigenvalue weighted by Gasteiger charge is -2.04. The minimum atomic E-state index is -0.547. The summed E-state index contributed by atoms with van der Waals surface area (Å²) >= 11 is 3.10. The van der Waals surface area contributed by atoms with Crippen molar-refractivity contribution in [1.82, 2.24) is 10.2 Å². The summed E-state index contributed by atoms with van der Waals surface area (Å²) in [5.74, 6) is -0.0676. The molecule has 2 N–H and O–H groups in total. The molecule has 0 atom stereocenters. The van der Waals surface area contributed by atoms with Gasteiger partial charge in [0.15, 0.2) is 5.82 Å². The van der Waals surface area contributed by atoms with Crippen molar-refractivity contribution in [3.8, 4) is 0 Å². The quantitative estimate of drug-likeness (QED) is 0.636. The number of rotatable bonds is 5. The number of carbonyl (C=O) groups is 1. The molecule has 0 bridgehead atoms. The van der Waals surface area contributed by atoms with Crippen LogP contribution in [0.4, 0.5) is 11.5 Å². The molecular formula is C13H13BrN4O3. The molecule has 1 aromatic carbocycles. The number of halogens is 1. The third-order valence-electron chi connectivity index (χ3n) is 2.81. The van der Waals surface area contributed by atoms with Crippen LogP contribution in [-0.4, -0.2) is 21.0 Å². The van der Waals surface area contributed by atoms with Crippen molar-refractivity contribution in [1.29, 1.82) is 0 Å². The summed E-state index contributed by atoms with van der Waals surface area (Å²) < 4.78 is 0.150. The molecule has 0 saturated carbocycles. The number of hydrogen-bond donors (Lipinski definition) is 2. The number of aromatic amines is 1. The zero-order chi connectivity index (χ0) is 15.4. The Morgan fingerprint density at radius 3 is 2.95 bits per heavy atom. The Labute approximate surface area is 129 Å². The summed E-state index contributed by atoms with van der Waals surface area (Å²) in [5, 5.41) is 20.3. The highest BCUT2D eigenvalue weighted by Crippen LogP contribution is 2.28. The molecule has 1 heterocycles. The predicted molar refractivity (Wildman–Crippen MR) is 81.3 cm³/mol. The van der Waals surface area contributed by atoms with Gasteiger partial charge in [-0.05, 0) is 28.4 Å². The van der Waals surface area contributed by atoms with E-state index in [1.54, 1.807) is 6.07 Å². The molecule has 2 rings (SSSR count). The fraction of sp³-hybridized carbons (Fsp3) is 0.231. The molecular weight excluding hydrogens is 340 g/mol.